The van der Waals surface area contributed by atoms with Crippen LogP contribution in [-0.2, 0) is 4.74 Å². The molecule has 1 aliphatic heterocycles. The van der Waals surface area contributed by atoms with Crippen LogP contribution in [-0.4, -0.2) is 32.3 Å². The summed E-state index contributed by atoms with van der Waals surface area (Å²) in [7, 11) is 0. The molecule has 1 saturated heterocycles. The first-order valence-corrected chi connectivity index (χ1v) is 7.88. The number of nitriles is 1. The van der Waals surface area contributed by atoms with E-state index in [1.807, 2.05) is 0 Å². The van der Waals surface area contributed by atoms with E-state index in [2.05, 4.69) is 54.4 Å². The van der Waals surface area contributed by atoms with E-state index >= 15 is 0 Å². The second kappa shape index (κ2) is 8.02. The summed E-state index contributed by atoms with van der Waals surface area (Å²) in [6, 6.07) is 11.1. The van der Waals surface area contributed by atoms with E-state index in [-0.39, 0.29) is 6.10 Å². The maximum absolute atomic E-state index is 9.08. The molecule has 0 spiro atoms. The van der Waals surface area contributed by atoms with Crippen molar-refractivity contribution in [1.29, 1.82) is 5.26 Å². The van der Waals surface area contributed by atoms with Gasteiger partial charge in [0, 0.05) is 18.3 Å². The van der Waals surface area contributed by atoms with Crippen molar-refractivity contribution in [1.82, 2.24) is 5.32 Å². The van der Waals surface area contributed by atoms with Crippen molar-refractivity contribution in [2.24, 2.45) is 0 Å². The monoisotopic (exact) mass is 287 g/mol. The molecule has 114 valence electrons. The highest BCUT2D eigenvalue weighted by Crippen LogP contribution is 2.29. The lowest BCUT2D eigenvalue weighted by Crippen LogP contribution is -2.42. The second-order valence-electron chi connectivity index (χ2n) is 5.41. The molecule has 4 nitrogen and oxygen atoms in total. The average molecular weight is 287 g/mol. The van der Waals surface area contributed by atoms with Gasteiger partial charge in [-0.2, -0.15) is 5.26 Å². The Kier molecular flexibility index (Phi) is 6.04. The fourth-order valence-electron chi connectivity index (χ4n) is 2.81. The number of anilines is 1. The normalized spacial score (nSPS) is 20.0. The Morgan fingerprint density at radius 2 is 2.24 bits per heavy atom. The van der Waals surface area contributed by atoms with E-state index < -0.39 is 0 Å². The molecule has 1 fully saturated rings. The van der Waals surface area contributed by atoms with E-state index in [0.29, 0.717) is 19.2 Å². The second-order valence-corrected chi connectivity index (χ2v) is 5.41. The summed E-state index contributed by atoms with van der Waals surface area (Å²) in [5.41, 5.74) is 2.56. The number of nitrogens with zero attached hydrogens (tertiary/aromatic N) is 2. The molecule has 0 amide bonds. The predicted octanol–water partition coefficient (Wildman–Crippen LogP) is 2.87. The first-order valence-electron chi connectivity index (χ1n) is 7.88. The van der Waals surface area contributed by atoms with Crippen LogP contribution in [0.3, 0.4) is 0 Å². The molecule has 1 heterocycles. The van der Waals surface area contributed by atoms with Gasteiger partial charge in [0.15, 0.2) is 6.10 Å². The van der Waals surface area contributed by atoms with Crippen LogP contribution in [0, 0.1) is 11.3 Å². The highest BCUT2D eigenvalue weighted by atomic mass is 16.5. The lowest BCUT2D eigenvalue weighted by Gasteiger charge is -2.34. The van der Waals surface area contributed by atoms with Crippen LogP contribution in [0.15, 0.2) is 24.3 Å². The van der Waals surface area contributed by atoms with Gasteiger partial charge < -0.3 is 15.0 Å². The first kappa shape index (κ1) is 15.8. The number of benzene rings is 1. The molecule has 4 heteroatoms. The molecule has 1 aromatic carbocycles. The SMILES string of the molecule is CCCNC(CC)c1ccccc1N1CCOC(C#N)C1. The van der Waals surface area contributed by atoms with Crippen molar-refractivity contribution in [3.05, 3.63) is 29.8 Å². The number of ether oxygens (including phenoxy) is 1. The van der Waals surface area contributed by atoms with Crippen molar-refractivity contribution in [2.45, 2.75) is 38.8 Å². The highest BCUT2D eigenvalue weighted by Gasteiger charge is 2.23. The summed E-state index contributed by atoms with van der Waals surface area (Å²) in [4.78, 5) is 2.28. The Bertz CT molecular complexity index is 483. The van der Waals surface area contributed by atoms with Gasteiger partial charge in [-0.15, -0.1) is 0 Å². The Labute approximate surface area is 127 Å². The fourth-order valence-corrected chi connectivity index (χ4v) is 2.81. The third-order valence-electron chi connectivity index (χ3n) is 3.91. The van der Waals surface area contributed by atoms with Gasteiger partial charge in [0.1, 0.15) is 0 Å². The van der Waals surface area contributed by atoms with Crippen molar-refractivity contribution in [2.75, 3.05) is 31.1 Å². The summed E-state index contributed by atoms with van der Waals surface area (Å²) in [5, 5.41) is 12.7. The molecule has 0 radical (unpaired) electrons. The molecule has 0 aliphatic carbocycles. The molecular formula is C17H25N3O. The molecule has 1 N–H and O–H groups in total. The molecular weight excluding hydrogens is 262 g/mol. The molecule has 1 aromatic rings. The molecule has 1 aliphatic rings. The van der Waals surface area contributed by atoms with Crippen molar-refractivity contribution >= 4 is 5.69 Å². The summed E-state index contributed by atoms with van der Waals surface area (Å²) in [5.74, 6) is 0. The van der Waals surface area contributed by atoms with Crippen molar-refractivity contribution in [3.63, 3.8) is 0 Å². The van der Waals surface area contributed by atoms with Gasteiger partial charge >= 0.3 is 0 Å². The zero-order valence-electron chi connectivity index (χ0n) is 13.0. The topological polar surface area (TPSA) is 48.3 Å². The van der Waals surface area contributed by atoms with E-state index in [0.717, 1.165) is 25.9 Å². The third-order valence-corrected chi connectivity index (χ3v) is 3.91. The van der Waals surface area contributed by atoms with Crippen LogP contribution in [0.2, 0.25) is 0 Å². The Balaban J connectivity index is 2.21. The standard InChI is InChI=1S/C17H25N3O/c1-3-9-19-16(4-2)15-7-5-6-8-17(15)20-10-11-21-14(12-18)13-20/h5-8,14,16,19H,3-4,9-11,13H2,1-2H3. The van der Waals surface area contributed by atoms with Gasteiger partial charge in [-0.3, -0.25) is 0 Å². The van der Waals surface area contributed by atoms with Crippen LogP contribution in [0.1, 0.15) is 38.3 Å². The number of nitrogens with one attached hydrogen (secondary N) is 1. The van der Waals surface area contributed by atoms with Gasteiger partial charge in [-0.05, 0) is 31.0 Å². The zero-order valence-corrected chi connectivity index (χ0v) is 13.0. The molecule has 21 heavy (non-hydrogen) atoms. The van der Waals surface area contributed by atoms with Crippen LogP contribution in [0.25, 0.3) is 0 Å². The van der Waals surface area contributed by atoms with Crippen LogP contribution in [0.5, 0.6) is 0 Å². The fraction of sp³-hybridized carbons (Fsp3) is 0.588. The Morgan fingerprint density at radius 1 is 1.43 bits per heavy atom. The van der Waals surface area contributed by atoms with E-state index in [1.165, 1.54) is 11.3 Å². The largest absolute Gasteiger partial charge is 0.365 e. The first-order chi connectivity index (χ1) is 10.3. The Hall–Kier alpha value is -1.57. The number of rotatable bonds is 6. The van der Waals surface area contributed by atoms with Gasteiger partial charge in [0.05, 0.1) is 19.2 Å². The summed E-state index contributed by atoms with van der Waals surface area (Å²) in [6.45, 7) is 7.53. The van der Waals surface area contributed by atoms with E-state index in [4.69, 9.17) is 10.00 Å². The minimum absolute atomic E-state index is 0.324. The van der Waals surface area contributed by atoms with Crippen LogP contribution >= 0.6 is 0 Å². The van der Waals surface area contributed by atoms with Crippen LogP contribution in [0.4, 0.5) is 5.69 Å². The molecule has 2 rings (SSSR count). The third kappa shape index (κ3) is 3.96. The maximum atomic E-state index is 9.08. The molecule has 2 unspecified atom stereocenters. The van der Waals surface area contributed by atoms with E-state index in [1.54, 1.807) is 0 Å². The minimum atomic E-state index is -0.324. The minimum Gasteiger partial charge on any atom is -0.365 e. The molecule has 0 aromatic heterocycles. The van der Waals surface area contributed by atoms with Crippen LogP contribution < -0.4 is 10.2 Å². The lowest BCUT2D eigenvalue weighted by molar-refractivity contribution is 0.0763. The predicted molar refractivity (Wildman–Crippen MR) is 85.3 cm³/mol. The van der Waals surface area contributed by atoms with Gasteiger partial charge in [0.2, 0.25) is 0 Å². The number of hydrogen-bond donors (Lipinski definition) is 1. The summed E-state index contributed by atoms with van der Waals surface area (Å²) in [6.07, 6.45) is 1.87. The van der Waals surface area contributed by atoms with Crippen molar-refractivity contribution in [3.8, 4) is 6.07 Å². The Morgan fingerprint density at radius 3 is 2.95 bits per heavy atom. The summed E-state index contributed by atoms with van der Waals surface area (Å²) >= 11 is 0. The quantitative estimate of drug-likeness (QED) is 0.874. The van der Waals surface area contributed by atoms with Gasteiger partial charge in [-0.25, -0.2) is 0 Å². The highest BCUT2D eigenvalue weighted by molar-refractivity contribution is 5.55. The number of morpholine rings is 1. The average Bonchev–Trinajstić information content (AvgIpc) is 2.56. The summed E-state index contributed by atoms with van der Waals surface area (Å²) < 4.78 is 5.45. The number of para-hydroxylation sites is 1. The van der Waals surface area contributed by atoms with Crippen molar-refractivity contribution < 1.29 is 4.74 Å². The molecule has 0 saturated carbocycles. The van der Waals surface area contributed by atoms with Gasteiger partial charge in [0.25, 0.3) is 0 Å². The smallest absolute Gasteiger partial charge is 0.161 e. The molecule has 0 bridgehead atoms. The molecule has 2 atom stereocenters. The van der Waals surface area contributed by atoms with E-state index in [9.17, 15) is 0 Å². The number of hydrogen-bond acceptors (Lipinski definition) is 4. The lowest BCUT2D eigenvalue weighted by atomic mass is 10.0. The zero-order chi connectivity index (χ0) is 15.1. The van der Waals surface area contributed by atoms with Gasteiger partial charge in [-0.1, -0.05) is 32.0 Å². The maximum Gasteiger partial charge on any atom is 0.161 e.